The predicted molar refractivity (Wildman–Crippen MR) is 99.2 cm³/mol. The van der Waals surface area contributed by atoms with E-state index in [9.17, 15) is 0 Å². The van der Waals surface area contributed by atoms with Crippen LogP contribution in [0.4, 0.5) is 0 Å². The minimum absolute atomic E-state index is 0.413. The van der Waals surface area contributed by atoms with Gasteiger partial charge in [0.15, 0.2) is 5.65 Å². The Hall–Kier alpha value is -1.92. The molecule has 0 aliphatic rings. The first-order valence-corrected chi connectivity index (χ1v) is 9.54. The van der Waals surface area contributed by atoms with E-state index < -0.39 is 0 Å². The average molecular weight is 341 g/mol. The second kappa shape index (κ2) is 8.26. The van der Waals surface area contributed by atoms with E-state index in [0.717, 1.165) is 42.1 Å². The van der Waals surface area contributed by atoms with E-state index in [2.05, 4.69) is 62.1 Å². The Morgan fingerprint density at radius 1 is 1.17 bits per heavy atom. The van der Waals surface area contributed by atoms with Gasteiger partial charge in [0.25, 0.3) is 0 Å². The van der Waals surface area contributed by atoms with Crippen LogP contribution in [-0.2, 0) is 6.54 Å². The van der Waals surface area contributed by atoms with Crippen molar-refractivity contribution in [2.45, 2.75) is 37.4 Å². The van der Waals surface area contributed by atoms with Crippen molar-refractivity contribution in [2.75, 3.05) is 12.8 Å². The highest BCUT2D eigenvalue weighted by Crippen LogP contribution is 2.21. The number of imidazole rings is 1. The van der Waals surface area contributed by atoms with Gasteiger partial charge < -0.3 is 9.88 Å². The molecule has 1 atom stereocenters. The lowest BCUT2D eigenvalue weighted by atomic mass is 10.0. The summed E-state index contributed by atoms with van der Waals surface area (Å²) in [6.07, 6.45) is 7.62. The molecule has 5 nitrogen and oxygen atoms in total. The molecule has 0 aliphatic carbocycles. The Kier molecular flexibility index (Phi) is 5.82. The highest BCUT2D eigenvalue weighted by atomic mass is 32.2. The molecule has 3 aromatic rings. The number of thioether (sulfide) groups is 1. The Labute approximate surface area is 146 Å². The van der Waals surface area contributed by atoms with Gasteiger partial charge in [0, 0.05) is 12.6 Å². The smallest absolute Gasteiger partial charge is 0.164 e. The zero-order chi connectivity index (χ0) is 16.8. The average Bonchev–Trinajstić information content (AvgIpc) is 3.06. The fourth-order valence-electron chi connectivity index (χ4n) is 2.88. The van der Waals surface area contributed by atoms with Gasteiger partial charge >= 0.3 is 0 Å². The minimum Gasteiger partial charge on any atom is -0.315 e. The number of nitrogens with one attached hydrogen (secondary N) is 1. The fourth-order valence-corrected chi connectivity index (χ4v) is 3.37. The molecule has 1 aromatic carbocycles. The van der Waals surface area contributed by atoms with E-state index >= 15 is 0 Å². The standard InChI is InChI=1S/C18H23N5S/c1-3-15(14-8-5-4-6-9-14)19-10-7-11-23-13-22-16-17(23)20-12-21-18(16)24-2/h4-6,8-9,12-13,15,19H,3,7,10-11H2,1-2H3/t15-/m1/s1. The van der Waals surface area contributed by atoms with Gasteiger partial charge in [-0.25, -0.2) is 15.0 Å². The molecule has 126 valence electrons. The van der Waals surface area contributed by atoms with Gasteiger partial charge in [-0.3, -0.25) is 0 Å². The molecule has 0 aliphatic heterocycles. The van der Waals surface area contributed by atoms with Crippen LogP contribution in [0.15, 0.2) is 48.0 Å². The maximum atomic E-state index is 4.46. The van der Waals surface area contributed by atoms with Gasteiger partial charge in [0.1, 0.15) is 16.9 Å². The maximum Gasteiger partial charge on any atom is 0.164 e. The molecule has 0 saturated heterocycles. The second-order valence-corrected chi connectivity index (χ2v) is 6.47. The molecule has 0 fully saturated rings. The number of nitrogens with zero attached hydrogens (tertiary/aromatic N) is 4. The molecule has 2 aromatic heterocycles. The van der Waals surface area contributed by atoms with Crippen molar-refractivity contribution in [1.82, 2.24) is 24.8 Å². The summed E-state index contributed by atoms with van der Waals surface area (Å²) in [4.78, 5) is 13.1. The topological polar surface area (TPSA) is 55.6 Å². The third-order valence-electron chi connectivity index (χ3n) is 4.14. The van der Waals surface area contributed by atoms with E-state index in [1.54, 1.807) is 18.1 Å². The minimum atomic E-state index is 0.413. The van der Waals surface area contributed by atoms with Crippen molar-refractivity contribution in [1.29, 1.82) is 0 Å². The van der Waals surface area contributed by atoms with Crippen molar-refractivity contribution in [3.05, 3.63) is 48.5 Å². The predicted octanol–water partition coefficient (Wildman–Crippen LogP) is 3.68. The van der Waals surface area contributed by atoms with Crippen molar-refractivity contribution in [2.24, 2.45) is 0 Å². The fraction of sp³-hybridized carbons (Fsp3) is 0.389. The SMILES string of the molecule is CC[C@@H](NCCCn1cnc2c(SC)ncnc21)c1ccccc1. The van der Waals surface area contributed by atoms with Crippen LogP contribution in [0.5, 0.6) is 0 Å². The van der Waals surface area contributed by atoms with Crippen molar-refractivity contribution >= 4 is 22.9 Å². The first-order chi connectivity index (χ1) is 11.8. The van der Waals surface area contributed by atoms with E-state index in [1.807, 2.05) is 12.6 Å². The molecule has 0 bridgehead atoms. The normalized spacial score (nSPS) is 12.6. The van der Waals surface area contributed by atoms with E-state index in [4.69, 9.17) is 0 Å². The zero-order valence-corrected chi connectivity index (χ0v) is 15.0. The van der Waals surface area contributed by atoms with Crippen LogP contribution < -0.4 is 5.32 Å². The first kappa shape index (κ1) is 16.9. The van der Waals surface area contributed by atoms with Crippen molar-refractivity contribution in [3.8, 4) is 0 Å². The van der Waals surface area contributed by atoms with Crippen LogP contribution in [0, 0.1) is 0 Å². The summed E-state index contributed by atoms with van der Waals surface area (Å²) in [6, 6.07) is 11.0. The van der Waals surface area contributed by atoms with Crippen LogP contribution in [-0.4, -0.2) is 32.3 Å². The molecule has 6 heteroatoms. The second-order valence-electron chi connectivity index (χ2n) is 5.67. The molecule has 2 heterocycles. The van der Waals surface area contributed by atoms with Crippen molar-refractivity contribution in [3.63, 3.8) is 0 Å². The number of aryl methyl sites for hydroxylation is 1. The zero-order valence-electron chi connectivity index (χ0n) is 14.1. The van der Waals surface area contributed by atoms with Gasteiger partial charge in [-0.15, -0.1) is 11.8 Å². The number of benzene rings is 1. The van der Waals surface area contributed by atoms with E-state index in [1.165, 1.54) is 5.56 Å². The number of fused-ring (bicyclic) bond motifs is 1. The third-order valence-corrected chi connectivity index (χ3v) is 4.82. The molecule has 1 N–H and O–H groups in total. The van der Waals surface area contributed by atoms with Gasteiger partial charge in [-0.05, 0) is 31.2 Å². The molecule has 0 saturated carbocycles. The molecular formula is C18H23N5S. The summed E-state index contributed by atoms with van der Waals surface area (Å²) < 4.78 is 2.11. The van der Waals surface area contributed by atoms with Gasteiger partial charge in [-0.1, -0.05) is 37.3 Å². The Morgan fingerprint density at radius 2 is 2.00 bits per heavy atom. The molecule has 3 rings (SSSR count). The molecule has 0 unspecified atom stereocenters. The van der Waals surface area contributed by atoms with E-state index in [0.29, 0.717) is 6.04 Å². The largest absolute Gasteiger partial charge is 0.315 e. The Balaban J connectivity index is 1.57. The summed E-state index contributed by atoms with van der Waals surface area (Å²) in [7, 11) is 0. The van der Waals surface area contributed by atoms with Gasteiger partial charge in [0.2, 0.25) is 0 Å². The maximum absolute atomic E-state index is 4.46. The van der Waals surface area contributed by atoms with Crippen molar-refractivity contribution < 1.29 is 0 Å². The summed E-state index contributed by atoms with van der Waals surface area (Å²) in [5.41, 5.74) is 3.17. The summed E-state index contributed by atoms with van der Waals surface area (Å²) in [6.45, 7) is 4.09. The Bertz CT molecular complexity index is 771. The highest BCUT2D eigenvalue weighted by Gasteiger charge is 2.10. The van der Waals surface area contributed by atoms with Gasteiger partial charge in [-0.2, -0.15) is 0 Å². The van der Waals surface area contributed by atoms with Crippen LogP contribution in [0.2, 0.25) is 0 Å². The number of hydrogen-bond donors (Lipinski definition) is 1. The molecule has 0 radical (unpaired) electrons. The quantitative estimate of drug-likeness (QED) is 0.385. The summed E-state index contributed by atoms with van der Waals surface area (Å²) in [5.74, 6) is 0. The number of rotatable bonds is 8. The number of aromatic nitrogens is 4. The molecule has 0 amide bonds. The van der Waals surface area contributed by atoms with Crippen LogP contribution in [0.1, 0.15) is 31.4 Å². The molecular weight excluding hydrogens is 318 g/mol. The third kappa shape index (κ3) is 3.76. The van der Waals surface area contributed by atoms with Crippen LogP contribution in [0.3, 0.4) is 0 Å². The lowest BCUT2D eigenvalue weighted by molar-refractivity contribution is 0.493. The van der Waals surface area contributed by atoms with Crippen LogP contribution in [0.25, 0.3) is 11.2 Å². The highest BCUT2D eigenvalue weighted by molar-refractivity contribution is 7.98. The number of hydrogen-bond acceptors (Lipinski definition) is 5. The van der Waals surface area contributed by atoms with Crippen LogP contribution >= 0.6 is 11.8 Å². The lowest BCUT2D eigenvalue weighted by Crippen LogP contribution is -2.22. The summed E-state index contributed by atoms with van der Waals surface area (Å²) >= 11 is 1.61. The van der Waals surface area contributed by atoms with E-state index in [-0.39, 0.29) is 0 Å². The Morgan fingerprint density at radius 3 is 2.75 bits per heavy atom. The first-order valence-electron chi connectivity index (χ1n) is 8.31. The lowest BCUT2D eigenvalue weighted by Gasteiger charge is -2.17. The molecule has 24 heavy (non-hydrogen) atoms. The molecule has 0 spiro atoms. The monoisotopic (exact) mass is 341 g/mol. The summed E-state index contributed by atoms with van der Waals surface area (Å²) in [5, 5.41) is 4.59. The van der Waals surface area contributed by atoms with Gasteiger partial charge in [0.05, 0.1) is 6.33 Å².